The summed E-state index contributed by atoms with van der Waals surface area (Å²) in [6, 6.07) is 3.86. The number of hydrogen-bond donors (Lipinski definition) is 2. The van der Waals surface area contributed by atoms with Gasteiger partial charge in [0.15, 0.2) is 0 Å². The van der Waals surface area contributed by atoms with Crippen molar-refractivity contribution in [3.05, 3.63) is 28.2 Å². The smallest absolute Gasteiger partial charge is 0.335 e. The summed E-state index contributed by atoms with van der Waals surface area (Å²) in [6.07, 6.45) is 2.88. The van der Waals surface area contributed by atoms with Crippen molar-refractivity contribution >= 4 is 31.9 Å². The molecule has 0 bridgehead atoms. The molecule has 20 heavy (non-hydrogen) atoms. The molecule has 1 aliphatic carbocycles. The van der Waals surface area contributed by atoms with Crippen LogP contribution in [0.1, 0.15) is 36.5 Å². The van der Waals surface area contributed by atoms with Gasteiger partial charge in [-0.05, 0) is 52.9 Å². The summed E-state index contributed by atoms with van der Waals surface area (Å²) in [4.78, 5) is 10.9. The monoisotopic (exact) mass is 361 g/mol. The quantitative estimate of drug-likeness (QED) is 0.863. The van der Waals surface area contributed by atoms with Crippen LogP contribution in [0.25, 0.3) is 0 Å². The van der Waals surface area contributed by atoms with E-state index < -0.39 is 16.0 Å². The Bertz CT molecular complexity index is 629. The number of carboxylic acid groups (broad SMARTS) is 1. The van der Waals surface area contributed by atoms with Crippen LogP contribution in [-0.4, -0.2) is 25.5 Å². The lowest BCUT2D eigenvalue weighted by Crippen LogP contribution is -2.36. The van der Waals surface area contributed by atoms with Crippen LogP contribution in [0.4, 0.5) is 0 Å². The summed E-state index contributed by atoms with van der Waals surface area (Å²) in [7, 11) is -3.64. The van der Waals surface area contributed by atoms with E-state index in [4.69, 9.17) is 5.11 Å². The first-order valence-corrected chi connectivity index (χ1v) is 8.64. The topological polar surface area (TPSA) is 83.5 Å². The molecule has 1 fully saturated rings. The van der Waals surface area contributed by atoms with Crippen molar-refractivity contribution in [3.63, 3.8) is 0 Å². The molecule has 1 aromatic carbocycles. The van der Waals surface area contributed by atoms with E-state index in [-0.39, 0.29) is 21.0 Å². The molecule has 2 rings (SSSR count). The standard InChI is InChI=1S/C13H16BrNO4S/c1-8-3-2-4-11(8)15-20(18,19)12-6-5-9(13(16)17)7-10(12)14/h5-8,11,15H,2-4H2,1H3,(H,16,17). The highest BCUT2D eigenvalue weighted by molar-refractivity contribution is 9.10. The van der Waals surface area contributed by atoms with Gasteiger partial charge in [0.05, 0.1) is 10.5 Å². The minimum absolute atomic E-state index is 0.0464. The van der Waals surface area contributed by atoms with Crippen molar-refractivity contribution < 1.29 is 18.3 Å². The summed E-state index contributed by atoms with van der Waals surface area (Å²) in [5, 5.41) is 8.88. The molecule has 1 aliphatic rings. The fourth-order valence-corrected chi connectivity index (χ4v) is 4.89. The summed E-state index contributed by atoms with van der Waals surface area (Å²) in [5.41, 5.74) is 0.0464. The molecule has 1 aromatic rings. The Balaban J connectivity index is 2.27. The second-order valence-electron chi connectivity index (χ2n) is 5.09. The normalized spacial score (nSPS) is 22.9. The molecule has 110 valence electrons. The zero-order valence-electron chi connectivity index (χ0n) is 11.0. The second-order valence-corrected chi connectivity index (χ2v) is 7.62. The van der Waals surface area contributed by atoms with Crippen LogP contribution in [0, 0.1) is 5.92 Å². The summed E-state index contributed by atoms with van der Waals surface area (Å²) >= 11 is 3.13. The molecular formula is C13H16BrNO4S. The first-order valence-electron chi connectivity index (χ1n) is 6.36. The molecule has 0 amide bonds. The molecule has 2 atom stereocenters. The Morgan fingerprint density at radius 2 is 2.10 bits per heavy atom. The SMILES string of the molecule is CC1CCCC1NS(=O)(=O)c1ccc(C(=O)O)cc1Br. The number of nitrogens with one attached hydrogen (secondary N) is 1. The second kappa shape index (κ2) is 5.83. The molecular weight excluding hydrogens is 346 g/mol. The van der Waals surface area contributed by atoms with Gasteiger partial charge in [0.1, 0.15) is 0 Å². The molecule has 0 aromatic heterocycles. The van der Waals surface area contributed by atoms with E-state index in [0.29, 0.717) is 5.92 Å². The maximum absolute atomic E-state index is 12.3. The van der Waals surface area contributed by atoms with Gasteiger partial charge in [-0.25, -0.2) is 17.9 Å². The van der Waals surface area contributed by atoms with Gasteiger partial charge in [-0.15, -0.1) is 0 Å². The van der Waals surface area contributed by atoms with E-state index in [1.54, 1.807) is 0 Å². The highest BCUT2D eigenvalue weighted by atomic mass is 79.9. The van der Waals surface area contributed by atoms with E-state index in [2.05, 4.69) is 20.7 Å². The molecule has 2 N–H and O–H groups in total. The molecule has 0 radical (unpaired) electrons. The van der Waals surface area contributed by atoms with Crippen molar-refractivity contribution in [1.29, 1.82) is 0 Å². The zero-order chi connectivity index (χ0) is 14.9. The Hall–Kier alpha value is -0.920. The summed E-state index contributed by atoms with van der Waals surface area (Å²) < 4.78 is 27.7. The number of hydrogen-bond acceptors (Lipinski definition) is 3. The molecule has 2 unspecified atom stereocenters. The fourth-order valence-electron chi connectivity index (χ4n) is 2.44. The number of rotatable bonds is 4. The van der Waals surface area contributed by atoms with Gasteiger partial charge in [0.25, 0.3) is 0 Å². The highest BCUT2D eigenvalue weighted by Gasteiger charge is 2.29. The van der Waals surface area contributed by atoms with Crippen molar-refractivity contribution in [2.75, 3.05) is 0 Å². The van der Waals surface area contributed by atoms with Crippen LogP contribution in [0.3, 0.4) is 0 Å². The van der Waals surface area contributed by atoms with Crippen molar-refractivity contribution in [2.24, 2.45) is 5.92 Å². The average Bonchev–Trinajstić information content (AvgIpc) is 2.73. The van der Waals surface area contributed by atoms with Gasteiger partial charge in [-0.1, -0.05) is 13.3 Å². The molecule has 0 saturated heterocycles. The largest absolute Gasteiger partial charge is 0.478 e. The van der Waals surface area contributed by atoms with Gasteiger partial charge in [-0.3, -0.25) is 0 Å². The predicted octanol–water partition coefficient (Wildman–Crippen LogP) is 2.61. The number of sulfonamides is 1. The number of carbonyl (C=O) groups is 1. The molecule has 0 heterocycles. The number of halogens is 1. The van der Waals surface area contributed by atoms with Gasteiger partial charge >= 0.3 is 5.97 Å². The average molecular weight is 362 g/mol. The fraction of sp³-hybridized carbons (Fsp3) is 0.462. The Kier molecular flexibility index (Phi) is 4.51. The van der Waals surface area contributed by atoms with Gasteiger partial charge in [0.2, 0.25) is 10.0 Å². The van der Waals surface area contributed by atoms with Crippen LogP contribution in [0.5, 0.6) is 0 Å². The lowest BCUT2D eigenvalue weighted by molar-refractivity contribution is 0.0696. The number of aromatic carboxylic acids is 1. The van der Waals surface area contributed by atoms with Crippen LogP contribution in [-0.2, 0) is 10.0 Å². The summed E-state index contributed by atoms with van der Waals surface area (Å²) in [6.45, 7) is 2.03. The van der Waals surface area contributed by atoms with Crippen molar-refractivity contribution in [1.82, 2.24) is 4.72 Å². The molecule has 0 spiro atoms. The van der Waals surface area contributed by atoms with E-state index in [1.165, 1.54) is 18.2 Å². The minimum Gasteiger partial charge on any atom is -0.478 e. The maximum Gasteiger partial charge on any atom is 0.335 e. The number of carboxylic acids is 1. The Morgan fingerprint density at radius 1 is 1.40 bits per heavy atom. The first kappa shape index (κ1) is 15.5. The highest BCUT2D eigenvalue weighted by Crippen LogP contribution is 2.28. The molecule has 5 nitrogen and oxygen atoms in total. The van der Waals surface area contributed by atoms with Crippen molar-refractivity contribution in [2.45, 2.75) is 37.1 Å². The van der Waals surface area contributed by atoms with Gasteiger partial charge < -0.3 is 5.11 Å². The third-order valence-electron chi connectivity index (χ3n) is 3.64. The predicted molar refractivity (Wildman–Crippen MR) is 78.2 cm³/mol. The zero-order valence-corrected chi connectivity index (χ0v) is 13.4. The van der Waals surface area contributed by atoms with Gasteiger partial charge in [0, 0.05) is 10.5 Å². The molecule has 7 heteroatoms. The maximum atomic E-state index is 12.3. The van der Waals surface area contributed by atoms with Crippen LogP contribution in [0.15, 0.2) is 27.6 Å². The Morgan fingerprint density at radius 3 is 2.60 bits per heavy atom. The minimum atomic E-state index is -3.64. The molecule has 1 saturated carbocycles. The molecule has 0 aliphatic heterocycles. The van der Waals surface area contributed by atoms with Crippen LogP contribution in [0.2, 0.25) is 0 Å². The third-order valence-corrected chi connectivity index (χ3v) is 6.10. The van der Waals surface area contributed by atoms with E-state index in [1.807, 2.05) is 6.92 Å². The van der Waals surface area contributed by atoms with E-state index >= 15 is 0 Å². The van der Waals surface area contributed by atoms with Crippen LogP contribution >= 0.6 is 15.9 Å². The first-order chi connectivity index (χ1) is 9.31. The van der Waals surface area contributed by atoms with E-state index in [9.17, 15) is 13.2 Å². The third kappa shape index (κ3) is 3.21. The van der Waals surface area contributed by atoms with E-state index in [0.717, 1.165) is 19.3 Å². The van der Waals surface area contributed by atoms with Gasteiger partial charge in [-0.2, -0.15) is 0 Å². The lowest BCUT2D eigenvalue weighted by Gasteiger charge is -2.18. The van der Waals surface area contributed by atoms with Crippen molar-refractivity contribution in [3.8, 4) is 0 Å². The Labute approximate surface area is 126 Å². The lowest BCUT2D eigenvalue weighted by atomic mass is 10.1. The van der Waals surface area contributed by atoms with Crippen LogP contribution < -0.4 is 4.72 Å². The number of benzene rings is 1. The summed E-state index contributed by atoms with van der Waals surface area (Å²) in [5.74, 6) is -0.770.